The Morgan fingerprint density at radius 2 is 2.05 bits per heavy atom. The summed E-state index contributed by atoms with van der Waals surface area (Å²) in [4.78, 5) is 16.6. The van der Waals surface area contributed by atoms with Gasteiger partial charge in [0.25, 0.3) is 0 Å². The van der Waals surface area contributed by atoms with E-state index < -0.39 is 0 Å². The third-order valence-electron chi connectivity index (χ3n) is 3.99. The van der Waals surface area contributed by atoms with E-state index >= 15 is 0 Å². The van der Waals surface area contributed by atoms with Gasteiger partial charge in [0.1, 0.15) is 0 Å². The van der Waals surface area contributed by atoms with Crippen molar-refractivity contribution >= 4 is 17.7 Å². The van der Waals surface area contributed by atoms with Gasteiger partial charge in [0.2, 0.25) is 5.91 Å². The molecule has 0 aromatic heterocycles. The summed E-state index contributed by atoms with van der Waals surface area (Å²) >= 11 is 2.01. The van der Waals surface area contributed by atoms with Crippen molar-refractivity contribution in [1.82, 2.24) is 9.80 Å². The van der Waals surface area contributed by atoms with Crippen molar-refractivity contribution in [2.75, 3.05) is 31.1 Å². The summed E-state index contributed by atoms with van der Waals surface area (Å²) in [7, 11) is 0. The highest BCUT2D eigenvalue weighted by Crippen LogP contribution is 2.23. The van der Waals surface area contributed by atoms with E-state index in [-0.39, 0.29) is 5.91 Å². The third kappa shape index (κ3) is 3.12. The highest BCUT2D eigenvalue weighted by molar-refractivity contribution is 7.99. The SMILES string of the molecule is O=C1CN([C@@H]2CCSC2)CCN1Cc1ccccc1. The Morgan fingerprint density at radius 1 is 1.21 bits per heavy atom. The Labute approximate surface area is 119 Å². The average molecular weight is 276 g/mol. The zero-order chi connectivity index (χ0) is 13.1. The van der Waals surface area contributed by atoms with Gasteiger partial charge in [-0.05, 0) is 17.7 Å². The lowest BCUT2D eigenvalue weighted by Crippen LogP contribution is -2.53. The van der Waals surface area contributed by atoms with Crippen molar-refractivity contribution < 1.29 is 4.79 Å². The van der Waals surface area contributed by atoms with Crippen LogP contribution >= 0.6 is 11.8 Å². The molecule has 0 unspecified atom stereocenters. The fraction of sp³-hybridized carbons (Fsp3) is 0.533. The van der Waals surface area contributed by atoms with Gasteiger partial charge in [0.05, 0.1) is 6.54 Å². The molecule has 0 bridgehead atoms. The molecule has 2 heterocycles. The molecule has 0 N–H and O–H groups in total. The predicted molar refractivity (Wildman–Crippen MR) is 79.2 cm³/mol. The quantitative estimate of drug-likeness (QED) is 0.841. The van der Waals surface area contributed by atoms with Gasteiger partial charge in [0, 0.05) is 31.4 Å². The molecule has 2 aliphatic rings. The normalized spacial score (nSPS) is 24.9. The van der Waals surface area contributed by atoms with Gasteiger partial charge in [-0.25, -0.2) is 0 Å². The summed E-state index contributed by atoms with van der Waals surface area (Å²) in [5, 5.41) is 0. The second kappa shape index (κ2) is 5.97. The highest BCUT2D eigenvalue weighted by Gasteiger charge is 2.30. The first kappa shape index (κ1) is 13.0. The van der Waals surface area contributed by atoms with Crippen LogP contribution in [0.2, 0.25) is 0 Å². The number of carbonyl (C=O) groups is 1. The Bertz CT molecular complexity index is 431. The average Bonchev–Trinajstić information content (AvgIpc) is 2.96. The topological polar surface area (TPSA) is 23.6 Å². The first-order valence-electron chi connectivity index (χ1n) is 6.96. The van der Waals surface area contributed by atoms with Crippen LogP contribution < -0.4 is 0 Å². The van der Waals surface area contributed by atoms with Crippen LogP contribution in [-0.2, 0) is 11.3 Å². The van der Waals surface area contributed by atoms with Crippen LogP contribution in [0.1, 0.15) is 12.0 Å². The van der Waals surface area contributed by atoms with Crippen molar-refractivity contribution in [3.8, 4) is 0 Å². The maximum Gasteiger partial charge on any atom is 0.237 e. The van der Waals surface area contributed by atoms with Crippen molar-refractivity contribution in [3.05, 3.63) is 35.9 Å². The Morgan fingerprint density at radius 3 is 2.74 bits per heavy atom. The monoisotopic (exact) mass is 276 g/mol. The first-order valence-corrected chi connectivity index (χ1v) is 8.12. The molecule has 1 aromatic rings. The van der Waals surface area contributed by atoms with E-state index in [2.05, 4.69) is 17.0 Å². The molecule has 3 rings (SSSR count). The lowest BCUT2D eigenvalue weighted by atomic mass is 10.1. The number of hydrogen-bond donors (Lipinski definition) is 0. The fourth-order valence-electron chi connectivity index (χ4n) is 2.82. The highest BCUT2D eigenvalue weighted by atomic mass is 32.2. The Balaban J connectivity index is 1.57. The van der Waals surface area contributed by atoms with Gasteiger partial charge in [-0.2, -0.15) is 11.8 Å². The molecular weight excluding hydrogens is 256 g/mol. The Hall–Kier alpha value is -1.00. The molecule has 2 fully saturated rings. The number of thioether (sulfide) groups is 1. The molecule has 0 radical (unpaired) electrons. The summed E-state index contributed by atoms with van der Waals surface area (Å²) in [5.41, 5.74) is 1.22. The number of rotatable bonds is 3. The van der Waals surface area contributed by atoms with Gasteiger partial charge in [0.15, 0.2) is 0 Å². The van der Waals surface area contributed by atoms with Crippen LogP contribution in [0.5, 0.6) is 0 Å². The molecule has 0 saturated carbocycles. The number of hydrogen-bond acceptors (Lipinski definition) is 3. The van der Waals surface area contributed by atoms with Crippen molar-refractivity contribution in [2.45, 2.75) is 19.0 Å². The van der Waals surface area contributed by atoms with Crippen LogP contribution in [0.4, 0.5) is 0 Å². The summed E-state index contributed by atoms with van der Waals surface area (Å²) < 4.78 is 0. The van der Waals surface area contributed by atoms with E-state index in [1.165, 1.54) is 23.5 Å². The van der Waals surface area contributed by atoms with Crippen LogP contribution in [0, 0.1) is 0 Å². The van der Waals surface area contributed by atoms with Crippen LogP contribution in [0.25, 0.3) is 0 Å². The molecule has 19 heavy (non-hydrogen) atoms. The van der Waals surface area contributed by atoms with Gasteiger partial charge in [-0.1, -0.05) is 30.3 Å². The second-order valence-electron chi connectivity index (χ2n) is 5.29. The number of nitrogens with zero attached hydrogens (tertiary/aromatic N) is 2. The summed E-state index contributed by atoms with van der Waals surface area (Å²) in [6.45, 7) is 3.27. The van der Waals surface area contributed by atoms with Crippen molar-refractivity contribution in [1.29, 1.82) is 0 Å². The summed E-state index contributed by atoms with van der Waals surface area (Å²) in [5.74, 6) is 2.74. The molecule has 0 spiro atoms. The molecule has 2 saturated heterocycles. The van der Waals surface area contributed by atoms with E-state index in [1.807, 2.05) is 34.9 Å². The molecular formula is C15H20N2OS. The third-order valence-corrected chi connectivity index (χ3v) is 5.13. The van der Waals surface area contributed by atoms with Crippen LogP contribution in [0.15, 0.2) is 30.3 Å². The lowest BCUT2D eigenvalue weighted by molar-refractivity contribution is -0.137. The van der Waals surface area contributed by atoms with Gasteiger partial charge >= 0.3 is 0 Å². The molecule has 1 atom stereocenters. The van der Waals surface area contributed by atoms with Crippen LogP contribution in [0.3, 0.4) is 0 Å². The zero-order valence-corrected chi connectivity index (χ0v) is 11.9. The van der Waals surface area contributed by atoms with Gasteiger partial charge in [-0.3, -0.25) is 9.69 Å². The lowest BCUT2D eigenvalue weighted by Gasteiger charge is -2.37. The second-order valence-corrected chi connectivity index (χ2v) is 6.44. The largest absolute Gasteiger partial charge is 0.336 e. The van der Waals surface area contributed by atoms with E-state index in [1.54, 1.807) is 0 Å². The number of piperazine rings is 1. The number of carbonyl (C=O) groups excluding carboxylic acids is 1. The number of benzene rings is 1. The first-order chi connectivity index (χ1) is 9.33. The minimum atomic E-state index is 0.284. The van der Waals surface area contributed by atoms with E-state index in [0.29, 0.717) is 12.6 Å². The summed E-state index contributed by atoms with van der Waals surface area (Å²) in [6, 6.07) is 10.9. The number of amides is 1. The van der Waals surface area contributed by atoms with Crippen LogP contribution in [-0.4, -0.2) is 52.9 Å². The molecule has 102 valence electrons. The molecule has 4 heteroatoms. The van der Waals surface area contributed by atoms with Crippen molar-refractivity contribution in [2.24, 2.45) is 0 Å². The van der Waals surface area contributed by atoms with E-state index in [0.717, 1.165) is 19.6 Å². The molecule has 1 aromatic carbocycles. The van der Waals surface area contributed by atoms with E-state index in [9.17, 15) is 4.79 Å². The minimum absolute atomic E-state index is 0.284. The smallest absolute Gasteiger partial charge is 0.237 e. The molecule has 3 nitrogen and oxygen atoms in total. The maximum atomic E-state index is 12.2. The van der Waals surface area contributed by atoms with Gasteiger partial charge < -0.3 is 4.90 Å². The van der Waals surface area contributed by atoms with Gasteiger partial charge in [-0.15, -0.1) is 0 Å². The zero-order valence-electron chi connectivity index (χ0n) is 11.1. The maximum absolute atomic E-state index is 12.2. The fourth-order valence-corrected chi connectivity index (χ4v) is 4.07. The standard InChI is InChI=1S/C15H20N2OS/c18-15-11-16(14-6-9-19-12-14)7-8-17(15)10-13-4-2-1-3-5-13/h1-5,14H,6-12H2/t14-/m1/s1. The minimum Gasteiger partial charge on any atom is -0.336 e. The summed E-state index contributed by atoms with van der Waals surface area (Å²) in [6.07, 6.45) is 1.25. The van der Waals surface area contributed by atoms with Crippen molar-refractivity contribution in [3.63, 3.8) is 0 Å². The predicted octanol–water partition coefficient (Wildman–Crippen LogP) is 1.84. The van der Waals surface area contributed by atoms with E-state index in [4.69, 9.17) is 0 Å². The molecule has 2 aliphatic heterocycles. The molecule has 0 aliphatic carbocycles. The molecule has 1 amide bonds. The Kier molecular flexibility index (Phi) is 4.09.